The normalized spacial score (nSPS) is 10.4. The maximum absolute atomic E-state index is 5.18. The molecule has 4 nitrogen and oxygen atoms in total. The lowest BCUT2D eigenvalue weighted by atomic mass is 10.1. The number of aromatic amines is 1. The van der Waals surface area contributed by atoms with Crippen molar-refractivity contribution in [1.29, 1.82) is 0 Å². The molecule has 0 aliphatic heterocycles. The average molecular weight is 216 g/mol. The van der Waals surface area contributed by atoms with E-state index < -0.39 is 0 Å². The van der Waals surface area contributed by atoms with Crippen molar-refractivity contribution in [3.63, 3.8) is 0 Å². The van der Waals surface area contributed by atoms with Crippen molar-refractivity contribution in [2.45, 2.75) is 12.8 Å². The molecule has 0 aliphatic carbocycles. The molecule has 1 aromatic heterocycles. The van der Waals surface area contributed by atoms with E-state index in [9.17, 15) is 0 Å². The van der Waals surface area contributed by atoms with Crippen molar-refractivity contribution in [2.75, 3.05) is 7.11 Å². The molecule has 0 amide bonds. The molecule has 0 aliphatic rings. The van der Waals surface area contributed by atoms with E-state index in [0.717, 1.165) is 23.6 Å². The molecule has 83 valence electrons. The number of methoxy groups -OCH3 is 1. The number of benzene rings is 1. The molecule has 1 heterocycles. The van der Waals surface area contributed by atoms with E-state index >= 15 is 0 Å². The summed E-state index contributed by atoms with van der Waals surface area (Å²) in [6.45, 7) is 3.82. The maximum atomic E-state index is 5.18. The van der Waals surface area contributed by atoms with Gasteiger partial charge in [0.2, 0.25) is 0 Å². The monoisotopic (exact) mass is 216 g/mol. The first kappa shape index (κ1) is 10.7. The van der Waals surface area contributed by atoms with Crippen molar-refractivity contribution in [3.8, 4) is 5.75 Å². The minimum absolute atomic E-state index is 0.649. The van der Waals surface area contributed by atoms with E-state index in [4.69, 9.17) is 4.74 Å². The Kier molecular flexibility index (Phi) is 3.19. The lowest BCUT2D eigenvalue weighted by molar-refractivity contribution is 0.414. The van der Waals surface area contributed by atoms with Crippen LogP contribution in [0.1, 0.15) is 17.0 Å². The summed E-state index contributed by atoms with van der Waals surface area (Å²) in [5.74, 6) is 0.862. The number of nitrogens with one attached hydrogen (secondary N) is 1. The summed E-state index contributed by atoms with van der Waals surface area (Å²) in [7, 11) is 1.66. The fraction of sp³-hybridized carbons (Fsp3) is 0.250. The zero-order chi connectivity index (χ0) is 11.4. The predicted molar refractivity (Wildman–Crippen MR) is 61.2 cm³/mol. The van der Waals surface area contributed by atoms with Crippen LogP contribution in [0.3, 0.4) is 0 Å². The summed E-state index contributed by atoms with van der Waals surface area (Å²) in [5.41, 5.74) is 3.10. The zero-order valence-electron chi connectivity index (χ0n) is 9.23. The summed E-state index contributed by atoms with van der Waals surface area (Å²) in [6, 6.07) is 7.96. The first-order valence-corrected chi connectivity index (χ1v) is 5.14. The minimum atomic E-state index is 0.649. The molecule has 1 radical (unpaired) electrons. The Labute approximate surface area is 94.6 Å². The number of H-pyrrole nitrogens is 1. The highest BCUT2D eigenvalue weighted by Gasteiger charge is 2.06. The first-order chi connectivity index (χ1) is 7.83. The number of rotatable bonds is 4. The van der Waals surface area contributed by atoms with Gasteiger partial charge in [-0.3, -0.25) is 5.10 Å². The molecule has 1 N–H and O–H groups in total. The third-order valence-corrected chi connectivity index (χ3v) is 2.46. The quantitative estimate of drug-likeness (QED) is 0.847. The van der Waals surface area contributed by atoms with Gasteiger partial charge in [0.05, 0.1) is 18.5 Å². The lowest BCUT2D eigenvalue weighted by Gasteiger charge is -2.03. The summed E-state index contributed by atoms with van der Waals surface area (Å²) >= 11 is 0. The second-order valence-corrected chi connectivity index (χ2v) is 3.52. The van der Waals surface area contributed by atoms with Gasteiger partial charge in [0.25, 0.3) is 0 Å². The summed E-state index contributed by atoms with van der Waals surface area (Å²) in [6.07, 6.45) is 1.42. The number of ether oxygens (including phenoxy) is 1. The van der Waals surface area contributed by atoms with Crippen LogP contribution < -0.4 is 4.74 Å². The van der Waals surface area contributed by atoms with Crippen LogP contribution in [0.5, 0.6) is 5.75 Å². The molecule has 0 bridgehead atoms. The second-order valence-electron chi connectivity index (χ2n) is 3.52. The maximum Gasteiger partial charge on any atom is 0.119 e. The molecule has 4 heteroatoms. The number of nitrogens with zero attached hydrogens (tertiary/aromatic N) is 2. The standard InChI is InChI=1S/C12H14N3O/c1-3-11-12(14-15-13-11)8-9-5-4-6-10(7-9)16-2/h4-7H,1,3,8H2,2H3,(H,13,14,15). The van der Waals surface area contributed by atoms with Crippen LogP contribution in [0.25, 0.3) is 0 Å². The molecule has 0 saturated carbocycles. The Morgan fingerprint density at radius 2 is 2.31 bits per heavy atom. The molecule has 0 fully saturated rings. The fourth-order valence-corrected chi connectivity index (χ4v) is 1.60. The Balaban J connectivity index is 2.20. The minimum Gasteiger partial charge on any atom is -0.497 e. The molecule has 0 atom stereocenters. The Hall–Kier alpha value is -1.84. The van der Waals surface area contributed by atoms with E-state index in [1.807, 2.05) is 18.2 Å². The van der Waals surface area contributed by atoms with Crippen LogP contribution in [-0.2, 0) is 12.8 Å². The summed E-state index contributed by atoms with van der Waals surface area (Å²) in [5, 5.41) is 10.7. The molecule has 0 saturated heterocycles. The third-order valence-electron chi connectivity index (χ3n) is 2.46. The van der Waals surface area contributed by atoms with Gasteiger partial charge in [-0.15, -0.1) is 5.10 Å². The molecule has 0 spiro atoms. The Bertz CT molecular complexity index is 465. The van der Waals surface area contributed by atoms with E-state index in [1.54, 1.807) is 7.11 Å². The third kappa shape index (κ3) is 2.21. The van der Waals surface area contributed by atoms with Gasteiger partial charge in [0.15, 0.2) is 0 Å². The van der Waals surface area contributed by atoms with Gasteiger partial charge >= 0.3 is 0 Å². The Morgan fingerprint density at radius 1 is 1.44 bits per heavy atom. The van der Waals surface area contributed by atoms with Gasteiger partial charge in [-0.1, -0.05) is 17.3 Å². The fourth-order valence-electron chi connectivity index (χ4n) is 1.60. The van der Waals surface area contributed by atoms with Crippen LogP contribution in [-0.4, -0.2) is 22.5 Å². The molecular weight excluding hydrogens is 202 g/mol. The second kappa shape index (κ2) is 4.79. The van der Waals surface area contributed by atoms with Crippen LogP contribution in [0, 0.1) is 6.92 Å². The van der Waals surface area contributed by atoms with Crippen LogP contribution in [0.4, 0.5) is 0 Å². The van der Waals surface area contributed by atoms with Crippen molar-refractivity contribution < 1.29 is 4.74 Å². The van der Waals surface area contributed by atoms with Gasteiger partial charge in [-0.2, -0.15) is 0 Å². The van der Waals surface area contributed by atoms with Gasteiger partial charge in [0.1, 0.15) is 5.75 Å². The molecule has 1 aromatic carbocycles. The number of hydrogen-bond acceptors (Lipinski definition) is 3. The van der Waals surface area contributed by atoms with Gasteiger partial charge in [0, 0.05) is 6.42 Å². The van der Waals surface area contributed by atoms with Crippen molar-refractivity contribution in [3.05, 3.63) is 48.1 Å². The zero-order valence-corrected chi connectivity index (χ0v) is 9.23. The van der Waals surface area contributed by atoms with E-state index in [1.165, 1.54) is 5.56 Å². The SMILES string of the molecule is [CH2]Cc1nn[nH]c1Cc1cccc(OC)c1. The smallest absolute Gasteiger partial charge is 0.119 e. The number of aromatic nitrogens is 3. The first-order valence-electron chi connectivity index (χ1n) is 5.14. The van der Waals surface area contributed by atoms with Crippen molar-refractivity contribution >= 4 is 0 Å². The topological polar surface area (TPSA) is 50.8 Å². The highest BCUT2D eigenvalue weighted by molar-refractivity contribution is 5.31. The largest absolute Gasteiger partial charge is 0.497 e. The van der Waals surface area contributed by atoms with Crippen LogP contribution >= 0.6 is 0 Å². The number of hydrogen-bond donors (Lipinski definition) is 1. The summed E-state index contributed by atoms with van der Waals surface area (Å²) in [4.78, 5) is 0. The van der Waals surface area contributed by atoms with E-state index in [0.29, 0.717) is 6.42 Å². The highest BCUT2D eigenvalue weighted by atomic mass is 16.5. The highest BCUT2D eigenvalue weighted by Crippen LogP contribution is 2.16. The molecule has 2 rings (SSSR count). The van der Waals surface area contributed by atoms with Crippen LogP contribution in [0.15, 0.2) is 24.3 Å². The van der Waals surface area contributed by atoms with Gasteiger partial charge in [-0.05, 0) is 31.0 Å². The van der Waals surface area contributed by atoms with Crippen molar-refractivity contribution in [2.24, 2.45) is 0 Å². The van der Waals surface area contributed by atoms with Gasteiger partial charge < -0.3 is 4.74 Å². The van der Waals surface area contributed by atoms with Crippen molar-refractivity contribution in [1.82, 2.24) is 15.4 Å². The summed E-state index contributed by atoms with van der Waals surface area (Å²) < 4.78 is 5.18. The Morgan fingerprint density at radius 3 is 3.06 bits per heavy atom. The molecular formula is C12H14N3O. The molecule has 16 heavy (non-hydrogen) atoms. The van der Waals surface area contributed by atoms with E-state index in [2.05, 4.69) is 28.4 Å². The lowest BCUT2D eigenvalue weighted by Crippen LogP contribution is -1.94. The molecule has 0 unspecified atom stereocenters. The average Bonchev–Trinajstić information content (AvgIpc) is 2.76. The van der Waals surface area contributed by atoms with E-state index in [-0.39, 0.29) is 0 Å². The predicted octanol–water partition coefficient (Wildman–Crippen LogP) is 1.78. The van der Waals surface area contributed by atoms with Gasteiger partial charge in [-0.25, -0.2) is 0 Å². The molecule has 2 aromatic rings. The van der Waals surface area contributed by atoms with Crippen LogP contribution in [0.2, 0.25) is 0 Å².